The molecule has 0 unspecified atom stereocenters. The normalized spacial score (nSPS) is 11.2. The molecular weight excluding hydrogens is 404 g/mol. The molecular formula is C22H30N2O7. The molecule has 0 saturated carbocycles. The van der Waals surface area contributed by atoms with Crippen LogP contribution in [-0.2, 0) is 30.2 Å². The minimum absolute atomic E-state index is 0.0719. The number of hydrogen-bond donors (Lipinski definition) is 1. The molecule has 1 aromatic heterocycles. The zero-order valence-electron chi connectivity index (χ0n) is 18.4. The summed E-state index contributed by atoms with van der Waals surface area (Å²) >= 11 is 0. The van der Waals surface area contributed by atoms with Gasteiger partial charge in [-0.1, -0.05) is 18.2 Å². The Bertz CT molecular complexity index is 899. The minimum atomic E-state index is -0.542. The van der Waals surface area contributed by atoms with Crippen molar-refractivity contribution in [2.45, 2.75) is 39.2 Å². The molecule has 1 aromatic carbocycles. The topological polar surface area (TPSA) is 105 Å². The Hall–Kier alpha value is -3.07. The van der Waals surface area contributed by atoms with Crippen LogP contribution in [-0.4, -0.2) is 61.8 Å². The third-order valence-corrected chi connectivity index (χ3v) is 4.13. The van der Waals surface area contributed by atoms with Gasteiger partial charge >= 0.3 is 18.2 Å². The number of benzene rings is 1. The summed E-state index contributed by atoms with van der Waals surface area (Å²) in [7, 11) is 1.32. The molecule has 0 spiro atoms. The molecule has 2 aromatic rings. The number of carbonyl (C=O) groups excluding carboxylic acids is 3. The number of carbonyl (C=O) groups is 3. The number of hydrogen-bond acceptors (Lipinski definition) is 7. The van der Waals surface area contributed by atoms with Crippen molar-refractivity contribution in [1.82, 2.24) is 9.88 Å². The monoisotopic (exact) mass is 434 g/mol. The molecule has 1 amide bonds. The summed E-state index contributed by atoms with van der Waals surface area (Å²) in [5.74, 6) is -0.380. The average molecular weight is 434 g/mol. The number of esters is 1. The molecule has 9 nitrogen and oxygen atoms in total. The van der Waals surface area contributed by atoms with E-state index >= 15 is 0 Å². The lowest BCUT2D eigenvalue weighted by atomic mass is 10.1. The van der Waals surface area contributed by atoms with E-state index in [1.165, 1.54) is 11.7 Å². The molecule has 0 saturated heterocycles. The van der Waals surface area contributed by atoms with E-state index in [0.717, 1.165) is 5.39 Å². The Morgan fingerprint density at radius 1 is 1.06 bits per heavy atom. The van der Waals surface area contributed by atoms with E-state index in [0.29, 0.717) is 37.3 Å². The van der Waals surface area contributed by atoms with Gasteiger partial charge in [0, 0.05) is 31.2 Å². The van der Waals surface area contributed by atoms with E-state index in [4.69, 9.17) is 18.9 Å². The Balaban J connectivity index is 1.73. The molecule has 0 aliphatic carbocycles. The van der Waals surface area contributed by atoms with Crippen LogP contribution in [0, 0.1) is 0 Å². The third-order valence-electron chi connectivity index (χ3n) is 4.13. The second-order valence-electron chi connectivity index (χ2n) is 7.80. The van der Waals surface area contributed by atoms with Crippen molar-refractivity contribution in [3.8, 4) is 0 Å². The van der Waals surface area contributed by atoms with Crippen LogP contribution in [0.4, 0.5) is 9.59 Å². The third kappa shape index (κ3) is 7.93. The molecule has 170 valence electrons. The van der Waals surface area contributed by atoms with E-state index < -0.39 is 17.8 Å². The number of amides is 1. The standard InChI is InChI=1S/C22H30N2O7/c1-22(2,3)31-20(26)23-10-13-29-11-7-12-30-21(27)24-15-16(14-19(25)28-4)17-8-5-6-9-18(17)24/h5-6,8-9,15H,7,10-14H2,1-4H3,(H,23,26). The van der Waals surface area contributed by atoms with Crippen molar-refractivity contribution >= 4 is 29.1 Å². The molecule has 2 rings (SSSR count). The maximum absolute atomic E-state index is 12.5. The van der Waals surface area contributed by atoms with E-state index in [-0.39, 0.29) is 19.0 Å². The van der Waals surface area contributed by atoms with Crippen LogP contribution >= 0.6 is 0 Å². The lowest BCUT2D eigenvalue weighted by Crippen LogP contribution is -2.34. The summed E-state index contributed by atoms with van der Waals surface area (Å²) < 4.78 is 22.0. The highest BCUT2D eigenvalue weighted by atomic mass is 16.6. The quantitative estimate of drug-likeness (QED) is 0.367. The summed E-state index contributed by atoms with van der Waals surface area (Å²) in [6.07, 6.45) is 1.16. The van der Waals surface area contributed by atoms with Gasteiger partial charge in [0.15, 0.2) is 0 Å². The molecule has 0 bridgehead atoms. The number of fused-ring (bicyclic) bond motifs is 1. The fourth-order valence-corrected chi connectivity index (χ4v) is 2.80. The summed E-state index contributed by atoms with van der Waals surface area (Å²) in [6, 6.07) is 7.29. The summed E-state index contributed by atoms with van der Waals surface area (Å²) in [6.45, 7) is 6.59. The molecule has 0 aliphatic rings. The van der Waals surface area contributed by atoms with Gasteiger partial charge in [-0.05, 0) is 32.4 Å². The molecule has 0 aliphatic heterocycles. The van der Waals surface area contributed by atoms with Gasteiger partial charge in [0.2, 0.25) is 0 Å². The van der Waals surface area contributed by atoms with Crippen molar-refractivity contribution in [3.63, 3.8) is 0 Å². The van der Waals surface area contributed by atoms with Gasteiger partial charge in [0.25, 0.3) is 0 Å². The van der Waals surface area contributed by atoms with Gasteiger partial charge in [-0.15, -0.1) is 0 Å². The lowest BCUT2D eigenvalue weighted by molar-refractivity contribution is -0.139. The van der Waals surface area contributed by atoms with Crippen LogP contribution in [0.3, 0.4) is 0 Å². The number of ether oxygens (including phenoxy) is 4. The minimum Gasteiger partial charge on any atom is -0.469 e. The van der Waals surface area contributed by atoms with Crippen molar-refractivity contribution in [3.05, 3.63) is 36.0 Å². The molecule has 31 heavy (non-hydrogen) atoms. The van der Waals surface area contributed by atoms with Gasteiger partial charge in [-0.2, -0.15) is 0 Å². The Kier molecular flexibility index (Phi) is 8.87. The molecule has 0 radical (unpaired) electrons. The maximum Gasteiger partial charge on any atom is 0.418 e. The molecule has 0 fully saturated rings. The summed E-state index contributed by atoms with van der Waals surface area (Å²) in [5.41, 5.74) is 0.816. The van der Waals surface area contributed by atoms with Crippen LogP contribution < -0.4 is 5.32 Å². The first-order valence-electron chi connectivity index (χ1n) is 10.1. The predicted molar refractivity (Wildman–Crippen MR) is 114 cm³/mol. The van der Waals surface area contributed by atoms with Gasteiger partial charge in [-0.25, -0.2) is 9.59 Å². The number of methoxy groups -OCH3 is 1. The predicted octanol–water partition coefficient (Wildman–Crippen LogP) is 3.27. The van der Waals surface area contributed by atoms with Crippen LogP contribution in [0.2, 0.25) is 0 Å². The first-order valence-corrected chi connectivity index (χ1v) is 10.1. The van der Waals surface area contributed by atoms with Gasteiger partial charge in [0.1, 0.15) is 5.60 Å². The second kappa shape index (κ2) is 11.4. The molecule has 1 heterocycles. The lowest BCUT2D eigenvalue weighted by Gasteiger charge is -2.19. The van der Waals surface area contributed by atoms with Crippen LogP contribution in [0.25, 0.3) is 10.9 Å². The second-order valence-corrected chi connectivity index (χ2v) is 7.80. The number of nitrogens with one attached hydrogen (secondary N) is 1. The van der Waals surface area contributed by atoms with Crippen LogP contribution in [0.1, 0.15) is 32.8 Å². The first kappa shape index (κ1) is 24.2. The van der Waals surface area contributed by atoms with E-state index in [1.54, 1.807) is 33.0 Å². The van der Waals surface area contributed by atoms with Crippen molar-refractivity contribution in [2.24, 2.45) is 0 Å². The molecule has 9 heteroatoms. The van der Waals surface area contributed by atoms with E-state index in [1.807, 2.05) is 18.2 Å². The van der Waals surface area contributed by atoms with Gasteiger partial charge in [0.05, 0.1) is 32.3 Å². The van der Waals surface area contributed by atoms with Gasteiger partial charge in [-0.3, -0.25) is 9.36 Å². The summed E-state index contributed by atoms with van der Waals surface area (Å²) in [4.78, 5) is 35.6. The summed E-state index contributed by atoms with van der Waals surface area (Å²) in [5, 5.41) is 3.40. The zero-order chi connectivity index (χ0) is 22.9. The van der Waals surface area contributed by atoms with E-state index in [2.05, 4.69) is 5.32 Å². The number of alkyl carbamates (subject to hydrolysis) is 1. The number of rotatable bonds is 9. The molecule has 1 N–H and O–H groups in total. The number of aromatic nitrogens is 1. The Morgan fingerprint density at radius 3 is 2.52 bits per heavy atom. The highest BCUT2D eigenvalue weighted by Crippen LogP contribution is 2.22. The highest BCUT2D eigenvalue weighted by molar-refractivity contribution is 5.93. The van der Waals surface area contributed by atoms with Crippen molar-refractivity contribution in [1.29, 1.82) is 0 Å². The van der Waals surface area contributed by atoms with E-state index in [9.17, 15) is 14.4 Å². The van der Waals surface area contributed by atoms with Crippen molar-refractivity contribution < 1.29 is 33.3 Å². The maximum atomic E-state index is 12.5. The molecule has 0 atom stereocenters. The fourth-order valence-electron chi connectivity index (χ4n) is 2.80. The largest absolute Gasteiger partial charge is 0.469 e. The SMILES string of the molecule is COC(=O)Cc1cn(C(=O)OCCCOCCNC(=O)OC(C)(C)C)c2ccccc12. The average Bonchev–Trinajstić information content (AvgIpc) is 3.07. The zero-order valence-corrected chi connectivity index (χ0v) is 18.4. The number of nitrogens with zero attached hydrogens (tertiary/aromatic N) is 1. The first-order chi connectivity index (χ1) is 14.7. The van der Waals surface area contributed by atoms with Gasteiger partial charge < -0.3 is 24.3 Å². The smallest absolute Gasteiger partial charge is 0.418 e. The number of para-hydroxylation sites is 1. The fraction of sp³-hybridized carbons (Fsp3) is 0.500. The van der Waals surface area contributed by atoms with Crippen molar-refractivity contribution in [2.75, 3.05) is 33.5 Å². The van der Waals surface area contributed by atoms with Crippen LogP contribution in [0.5, 0.6) is 0 Å². The Morgan fingerprint density at radius 2 is 1.81 bits per heavy atom. The highest BCUT2D eigenvalue weighted by Gasteiger charge is 2.17. The van der Waals surface area contributed by atoms with Crippen LogP contribution in [0.15, 0.2) is 30.5 Å². The Labute approximate surface area is 181 Å².